The number of imide groups is 2. The Morgan fingerprint density at radius 1 is 1.00 bits per heavy atom. The van der Waals surface area contributed by atoms with Crippen LogP contribution in [-0.2, 0) is 25.6 Å². The fourth-order valence-electron chi connectivity index (χ4n) is 3.65. The first-order valence-electron chi connectivity index (χ1n) is 9.93. The van der Waals surface area contributed by atoms with Crippen LogP contribution in [0.2, 0.25) is 0 Å². The molecule has 1 fully saturated rings. The highest BCUT2D eigenvalue weighted by molar-refractivity contribution is 6.10. The summed E-state index contributed by atoms with van der Waals surface area (Å²) < 4.78 is 0. The van der Waals surface area contributed by atoms with Crippen LogP contribution in [0, 0.1) is 5.92 Å². The van der Waals surface area contributed by atoms with Crippen molar-refractivity contribution < 1.29 is 19.2 Å². The van der Waals surface area contributed by atoms with Crippen LogP contribution in [0.25, 0.3) is 10.9 Å². The van der Waals surface area contributed by atoms with E-state index in [9.17, 15) is 19.2 Å². The van der Waals surface area contributed by atoms with Crippen molar-refractivity contribution in [1.29, 1.82) is 0 Å². The molecule has 1 aliphatic heterocycles. The molecule has 1 aromatic heterocycles. The smallest absolute Gasteiger partial charge is 0.249 e. The van der Waals surface area contributed by atoms with Gasteiger partial charge in [0.1, 0.15) is 13.1 Å². The van der Waals surface area contributed by atoms with Gasteiger partial charge in [-0.15, -0.1) is 0 Å². The lowest BCUT2D eigenvalue weighted by Crippen LogP contribution is -2.62. The van der Waals surface area contributed by atoms with E-state index >= 15 is 0 Å². The number of fused-ring (bicyclic) bond motifs is 1. The Labute approximate surface area is 174 Å². The van der Waals surface area contributed by atoms with Gasteiger partial charge in [-0.05, 0) is 30.4 Å². The third-order valence-corrected chi connectivity index (χ3v) is 5.20. The van der Waals surface area contributed by atoms with Crippen molar-refractivity contribution in [3.8, 4) is 0 Å². The van der Waals surface area contributed by atoms with Gasteiger partial charge in [-0.25, -0.2) is 0 Å². The molecule has 2 aromatic rings. The summed E-state index contributed by atoms with van der Waals surface area (Å²) in [4.78, 5) is 55.0. The number of piperazine rings is 1. The van der Waals surface area contributed by atoms with Crippen molar-refractivity contribution in [2.75, 3.05) is 13.1 Å². The number of rotatable bonds is 6. The minimum absolute atomic E-state index is 0.167. The molecule has 0 bridgehead atoms. The normalized spacial score (nSPS) is 17.0. The van der Waals surface area contributed by atoms with E-state index < -0.39 is 48.8 Å². The van der Waals surface area contributed by atoms with Crippen LogP contribution >= 0.6 is 0 Å². The molecular formula is C21H27N5O4. The molecule has 30 heavy (non-hydrogen) atoms. The van der Waals surface area contributed by atoms with Gasteiger partial charge in [0.15, 0.2) is 0 Å². The SMILES string of the molecule is CC(C)C[C@H](N)C(=O)N1CC(=O)N(C(=O)[C@@H](N)Cc2c[nH]c3ccccc23)CC1=O. The Morgan fingerprint density at radius 2 is 1.57 bits per heavy atom. The summed E-state index contributed by atoms with van der Waals surface area (Å²) in [5.74, 6) is -2.35. The van der Waals surface area contributed by atoms with Gasteiger partial charge in [-0.1, -0.05) is 32.0 Å². The number of benzene rings is 1. The summed E-state index contributed by atoms with van der Waals surface area (Å²) in [5, 5.41) is 0.942. The third kappa shape index (κ3) is 4.42. The molecule has 5 N–H and O–H groups in total. The fraction of sp³-hybridized carbons (Fsp3) is 0.429. The van der Waals surface area contributed by atoms with E-state index in [4.69, 9.17) is 11.5 Å². The molecule has 0 aliphatic carbocycles. The second-order valence-electron chi connectivity index (χ2n) is 8.04. The number of nitrogens with two attached hydrogens (primary N) is 2. The molecule has 0 unspecified atom stereocenters. The summed E-state index contributed by atoms with van der Waals surface area (Å²) in [6, 6.07) is 5.74. The molecule has 160 valence electrons. The largest absolute Gasteiger partial charge is 0.361 e. The number of para-hydroxylation sites is 1. The van der Waals surface area contributed by atoms with Gasteiger partial charge in [0, 0.05) is 17.1 Å². The highest BCUT2D eigenvalue weighted by Gasteiger charge is 2.39. The van der Waals surface area contributed by atoms with E-state index in [2.05, 4.69) is 4.98 Å². The van der Waals surface area contributed by atoms with E-state index in [1.807, 2.05) is 38.1 Å². The lowest BCUT2D eigenvalue weighted by atomic mass is 10.0. The minimum Gasteiger partial charge on any atom is -0.361 e. The Kier molecular flexibility index (Phi) is 6.33. The van der Waals surface area contributed by atoms with Crippen LogP contribution in [0.3, 0.4) is 0 Å². The number of carbonyl (C=O) groups is 4. The average molecular weight is 413 g/mol. The quantitative estimate of drug-likeness (QED) is 0.615. The Morgan fingerprint density at radius 3 is 2.17 bits per heavy atom. The van der Waals surface area contributed by atoms with Crippen LogP contribution in [0.15, 0.2) is 30.5 Å². The molecule has 1 aromatic carbocycles. The van der Waals surface area contributed by atoms with Crippen molar-refractivity contribution in [3.05, 3.63) is 36.0 Å². The fourth-order valence-corrected chi connectivity index (χ4v) is 3.65. The molecule has 9 nitrogen and oxygen atoms in total. The maximum absolute atomic E-state index is 12.8. The molecule has 3 rings (SSSR count). The van der Waals surface area contributed by atoms with E-state index in [1.165, 1.54) is 0 Å². The van der Waals surface area contributed by atoms with Crippen LogP contribution < -0.4 is 11.5 Å². The molecule has 9 heteroatoms. The van der Waals surface area contributed by atoms with Crippen molar-refractivity contribution in [1.82, 2.24) is 14.8 Å². The average Bonchev–Trinajstić information content (AvgIpc) is 3.10. The van der Waals surface area contributed by atoms with Gasteiger partial charge in [-0.3, -0.25) is 29.0 Å². The predicted octanol–water partition coefficient (Wildman–Crippen LogP) is 0.135. The Hall–Kier alpha value is -3.04. The molecule has 0 spiro atoms. The van der Waals surface area contributed by atoms with Crippen molar-refractivity contribution >= 4 is 34.5 Å². The van der Waals surface area contributed by atoms with Gasteiger partial charge < -0.3 is 16.5 Å². The highest BCUT2D eigenvalue weighted by atomic mass is 16.2. The maximum atomic E-state index is 12.8. The predicted molar refractivity (Wildman–Crippen MR) is 111 cm³/mol. The number of carbonyl (C=O) groups excluding carboxylic acids is 4. The first-order valence-corrected chi connectivity index (χ1v) is 9.93. The van der Waals surface area contributed by atoms with Crippen LogP contribution in [0.5, 0.6) is 0 Å². The number of nitrogens with one attached hydrogen (secondary N) is 1. The van der Waals surface area contributed by atoms with E-state index in [-0.39, 0.29) is 12.3 Å². The first kappa shape index (κ1) is 21.7. The number of aromatic nitrogens is 1. The zero-order chi connectivity index (χ0) is 22.0. The molecule has 1 saturated heterocycles. The van der Waals surface area contributed by atoms with E-state index in [1.54, 1.807) is 6.20 Å². The maximum Gasteiger partial charge on any atom is 0.249 e. The summed E-state index contributed by atoms with van der Waals surface area (Å²) in [7, 11) is 0. The van der Waals surface area contributed by atoms with Gasteiger partial charge >= 0.3 is 0 Å². The number of amides is 4. The molecule has 0 radical (unpaired) electrons. The first-order chi connectivity index (χ1) is 14.2. The number of hydrogen-bond donors (Lipinski definition) is 3. The summed E-state index contributed by atoms with van der Waals surface area (Å²) in [5.41, 5.74) is 13.7. The molecule has 1 aliphatic rings. The molecular weight excluding hydrogens is 386 g/mol. The number of H-pyrrole nitrogens is 1. The van der Waals surface area contributed by atoms with Gasteiger partial charge in [0.05, 0.1) is 12.1 Å². The third-order valence-electron chi connectivity index (χ3n) is 5.20. The molecule has 2 atom stereocenters. The summed E-state index contributed by atoms with van der Waals surface area (Å²) in [6.07, 6.45) is 2.38. The second-order valence-corrected chi connectivity index (χ2v) is 8.04. The lowest BCUT2D eigenvalue weighted by molar-refractivity contribution is -0.163. The van der Waals surface area contributed by atoms with E-state index in [0.717, 1.165) is 26.3 Å². The number of hydrogen-bond acceptors (Lipinski definition) is 6. The monoisotopic (exact) mass is 413 g/mol. The lowest BCUT2D eigenvalue weighted by Gasteiger charge is -2.34. The van der Waals surface area contributed by atoms with Crippen LogP contribution in [-0.4, -0.2) is 63.6 Å². The van der Waals surface area contributed by atoms with Gasteiger partial charge in [-0.2, -0.15) is 0 Å². The molecule has 2 heterocycles. The van der Waals surface area contributed by atoms with Gasteiger partial charge in [0.25, 0.3) is 0 Å². The van der Waals surface area contributed by atoms with Crippen molar-refractivity contribution in [3.63, 3.8) is 0 Å². The zero-order valence-electron chi connectivity index (χ0n) is 17.1. The van der Waals surface area contributed by atoms with E-state index in [0.29, 0.717) is 6.42 Å². The number of nitrogens with zero attached hydrogens (tertiary/aromatic N) is 2. The summed E-state index contributed by atoms with van der Waals surface area (Å²) >= 11 is 0. The Balaban J connectivity index is 1.66. The van der Waals surface area contributed by atoms with Crippen LogP contribution in [0.1, 0.15) is 25.8 Å². The van der Waals surface area contributed by atoms with Gasteiger partial charge in [0.2, 0.25) is 23.6 Å². The van der Waals surface area contributed by atoms with Crippen LogP contribution in [0.4, 0.5) is 0 Å². The second kappa shape index (κ2) is 8.76. The Bertz CT molecular complexity index is 983. The van der Waals surface area contributed by atoms with Crippen molar-refractivity contribution in [2.24, 2.45) is 17.4 Å². The van der Waals surface area contributed by atoms with Crippen molar-refractivity contribution in [2.45, 2.75) is 38.8 Å². The molecule has 4 amide bonds. The summed E-state index contributed by atoms with van der Waals surface area (Å²) in [6.45, 7) is 2.80. The highest BCUT2D eigenvalue weighted by Crippen LogP contribution is 2.19. The number of aromatic amines is 1. The topological polar surface area (TPSA) is 143 Å². The zero-order valence-corrected chi connectivity index (χ0v) is 17.1. The minimum atomic E-state index is -0.994. The standard InChI is InChI=1S/C21H27N5O4/c1-12(2)7-15(22)20(29)25-10-19(28)26(11-18(25)27)21(30)16(23)8-13-9-24-17-6-4-3-5-14(13)17/h3-6,9,12,15-16,24H,7-8,10-11,22-23H2,1-2H3/t15-,16-/m0/s1. The molecule has 0 saturated carbocycles.